The van der Waals surface area contributed by atoms with E-state index in [1.807, 2.05) is 27.7 Å². The topological polar surface area (TPSA) is 21.7 Å². The Bertz CT molecular complexity index is 1480. The van der Waals surface area contributed by atoms with Gasteiger partial charge in [0.15, 0.2) is 0 Å². The van der Waals surface area contributed by atoms with Gasteiger partial charge in [0.1, 0.15) is 110 Å². The first kappa shape index (κ1) is 33.3. The fourth-order valence-electron chi connectivity index (χ4n) is 4.78. The molecule has 0 bridgehead atoms. The number of anilines is 3. The smallest absolute Gasteiger partial charge is 0.399 e. The van der Waals surface area contributed by atoms with E-state index >= 15 is 0 Å². The molecule has 3 aromatic carbocycles. The molecule has 0 saturated carbocycles. The summed E-state index contributed by atoms with van der Waals surface area (Å²) < 4.78 is 12.4. The van der Waals surface area contributed by atoms with E-state index in [1.54, 1.807) is 0 Å². The predicted octanol–water partition coefficient (Wildman–Crippen LogP) is -11.4. The quantitative estimate of drug-likeness (QED) is 0.327. The second-order valence-electron chi connectivity index (χ2n) is 11.2. The van der Waals surface area contributed by atoms with E-state index < -0.39 is 18.3 Å². The lowest BCUT2D eigenvalue weighted by Crippen LogP contribution is -2.64. The van der Waals surface area contributed by atoms with Crippen LogP contribution in [0, 0.1) is 0 Å². The van der Waals surface area contributed by atoms with Gasteiger partial charge in [-0.1, -0.05) is 32.8 Å². The molecule has 28 radical (unpaired) electrons. The standard InChI is InChI=1S/C24H12B15NO2/c1-23(2)24(3,4)42-39(41-23)19-11(31)17(37)22(18(38)12(19)32)40(20-13(33)7(27)5(25)8(28)14(20)34)21-15(35)9(29)6(26)10(30)16(21)36/h1-4H3. The maximum atomic E-state index is 6.69. The van der Waals surface area contributed by atoms with Crippen molar-refractivity contribution < 1.29 is 9.31 Å². The molecule has 0 N–H and O–H groups in total. The molecule has 0 aromatic heterocycles. The van der Waals surface area contributed by atoms with E-state index in [1.165, 1.54) is 4.90 Å². The van der Waals surface area contributed by atoms with E-state index in [4.69, 9.17) is 119 Å². The van der Waals surface area contributed by atoms with Gasteiger partial charge < -0.3 is 14.2 Å². The van der Waals surface area contributed by atoms with Gasteiger partial charge in [0.2, 0.25) is 0 Å². The van der Waals surface area contributed by atoms with Crippen molar-refractivity contribution >= 4 is 216 Å². The molecule has 0 unspecified atom stereocenters. The number of nitrogens with zero attached hydrogens (tertiary/aromatic N) is 1. The van der Waals surface area contributed by atoms with Crippen molar-refractivity contribution in [3.8, 4) is 0 Å². The van der Waals surface area contributed by atoms with Gasteiger partial charge in [-0.05, 0) is 33.2 Å². The largest absolute Gasteiger partial charge is 0.493 e. The van der Waals surface area contributed by atoms with Crippen molar-refractivity contribution in [1.82, 2.24) is 0 Å². The van der Waals surface area contributed by atoms with Crippen LogP contribution in [0.5, 0.6) is 0 Å². The summed E-state index contributed by atoms with van der Waals surface area (Å²) in [6, 6.07) is 0. The normalized spacial score (nSPS) is 15.7. The monoisotopic (exact) mass is 511 g/mol. The van der Waals surface area contributed by atoms with Crippen LogP contribution in [0.15, 0.2) is 0 Å². The molecule has 0 aliphatic carbocycles. The Morgan fingerprint density at radius 2 is 0.595 bits per heavy atom. The molecule has 1 fully saturated rings. The van der Waals surface area contributed by atoms with Crippen molar-refractivity contribution in [2.75, 3.05) is 4.90 Å². The molecular formula is C24H12B15NO2. The SMILES string of the molecule is [B]c1c([B])c([B])c(N(c2c([B])c([B])c([B])c([B])c2[B])c2c([B])c([B])c(B3OC(C)(C)C(C)(C)O3)c([B])c2[B])c([B])c1[B]. The van der Waals surface area contributed by atoms with Crippen molar-refractivity contribution in [2.24, 2.45) is 0 Å². The molecule has 42 heavy (non-hydrogen) atoms. The van der Waals surface area contributed by atoms with Gasteiger partial charge in [-0.25, -0.2) is 0 Å². The third-order valence-corrected chi connectivity index (χ3v) is 8.17. The van der Waals surface area contributed by atoms with Crippen molar-refractivity contribution in [3.05, 3.63) is 0 Å². The van der Waals surface area contributed by atoms with Crippen LogP contribution in [-0.2, 0) is 9.31 Å². The predicted molar refractivity (Wildman–Crippen MR) is 192 cm³/mol. The summed E-state index contributed by atoms with van der Waals surface area (Å²) >= 11 is 0. The van der Waals surface area contributed by atoms with Gasteiger partial charge in [0.05, 0.1) is 11.2 Å². The van der Waals surface area contributed by atoms with Gasteiger partial charge in [0, 0.05) is 17.1 Å². The van der Waals surface area contributed by atoms with Crippen LogP contribution in [0.25, 0.3) is 0 Å². The Labute approximate surface area is 268 Å². The average Bonchev–Trinajstić information content (AvgIpc) is 3.13. The maximum absolute atomic E-state index is 6.69. The third-order valence-electron chi connectivity index (χ3n) is 8.17. The Balaban J connectivity index is 2.17. The molecule has 1 aliphatic heterocycles. The summed E-state index contributed by atoms with van der Waals surface area (Å²) in [4.78, 5) is 1.28. The van der Waals surface area contributed by atoms with Crippen LogP contribution in [0.3, 0.4) is 0 Å². The lowest BCUT2D eigenvalue weighted by atomic mass is 9.56. The zero-order valence-corrected chi connectivity index (χ0v) is 23.9. The van der Waals surface area contributed by atoms with Crippen molar-refractivity contribution in [1.29, 1.82) is 0 Å². The molecule has 18 heteroatoms. The summed E-state index contributed by atoms with van der Waals surface area (Å²) in [7, 11) is 88.4. The zero-order chi connectivity index (χ0) is 32.0. The minimum atomic E-state index is -1.02. The highest BCUT2D eigenvalue weighted by Crippen LogP contribution is 2.36. The third kappa shape index (κ3) is 4.82. The summed E-state index contributed by atoms with van der Waals surface area (Å²) in [5.74, 6) is 0. The molecule has 0 spiro atoms. The van der Waals surface area contributed by atoms with Crippen LogP contribution in [0.4, 0.5) is 17.1 Å². The van der Waals surface area contributed by atoms with E-state index in [9.17, 15) is 0 Å². The number of benzene rings is 3. The molecule has 1 heterocycles. The Morgan fingerprint density at radius 3 is 0.857 bits per heavy atom. The van der Waals surface area contributed by atoms with E-state index in [2.05, 4.69) is 0 Å². The summed E-state index contributed by atoms with van der Waals surface area (Å²) in [6.45, 7) is 7.46. The number of hydrogen-bond acceptors (Lipinski definition) is 3. The first-order valence-electron chi connectivity index (χ1n) is 12.6. The summed E-state index contributed by atoms with van der Waals surface area (Å²) in [5, 5.41) is 0. The first-order chi connectivity index (χ1) is 19.2. The lowest BCUT2D eigenvalue weighted by molar-refractivity contribution is 0.00578. The molecule has 4 rings (SSSR count). The zero-order valence-electron chi connectivity index (χ0n) is 23.9. The molecule has 1 saturated heterocycles. The van der Waals surface area contributed by atoms with Crippen LogP contribution in [-0.4, -0.2) is 128 Å². The van der Waals surface area contributed by atoms with Gasteiger partial charge in [-0.2, -0.15) is 0 Å². The van der Waals surface area contributed by atoms with Crippen molar-refractivity contribution in [3.63, 3.8) is 0 Å². The Kier molecular flexibility index (Phi) is 8.75. The maximum Gasteiger partial charge on any atom is 0.493 e. The molecule has 170 valence electrons. The highest BCUT2D eigenvalue weighted by Gasteiger charge is 2.52. The number of hydrogen-bond donors (Lipinski definition) is 0. The molecule has 3 nitrogen and oxygen atoms in total. The van der Waals surface area contributed by atoms with Gasteiger partial charge >= 0.3 is 7.12 Å². The van der Waals surface area contributed by atoms with E-state index in [0.717, 1.165) is 0 Å². The molecular weight excluding hydrogens is 496 g/mol. The molecule has 3 aromatic rings. The first-order valence-corrected chi connectivity index (χ1v) is 12.6. The lowest BCUT2D eigenvalue weighted by Gasteiger charge is -2.40. The Morgan fingerprint density at radius 1 is 0.381 bits per heavy atom. The Hall–Kier alpha value is -1.65. The van der Waals surface area contributed by atoms with Crippen LogP contribution in [0.1, 0.15) is 27.7 Å². The van der Waals surface area contributed by atoms with Crippen LogP contribution >= 0.6 is 0 Å². The van der Waals surface area contributed by atoms with Crippen LogP contribution in [0.2, 0.25) is 0 Å². The van der Waals surface area contributed by atoms with Gasteiger partial charge in [-0.3, -0.25) is 0 Å². The fourth-order valence-corrected chi connectivity index (χ4v) is 4.78. The highest BCUT2D eigenvalue weighted by molar-refractivity contribution is 6.78. The molecule has 1 aliphatic rings. The minimum Gasteiger partial charge on any atom is -0.399 e. The van der Waals surface area contributed by atoms with E-state index in [0.29, 0.717) is 0 Å². The minimum absolute atomic E-state index is 0.0257. The second-order valence-corrected chi connectivity index (χ2v) is 11.2. The molecule has 0 atom stereocenters. The summed E-state index contributed by atoms with van der Waals surface area (Å²) in [5.41, 5.74) is -2.66. The average molecular weight is 509 g/mol. The van der Waals surface area contributed by atoms with Gasteiger partial charge in [-0.15, -0.1) is 43.7 Å². The van der Waals surface area contributed by atoms with Crippen LogP contribution < -0.4 is 86.8 Å². The second kappa shape index (κ2) is 11.1. The highest BCUT2D eigenvalue weighted by atomic mass is 16.7. The molecule has 0 amide bonds. The number of rotatable bonds is 4. The fraction of sp³-hybridized carbons (Fsp3) is 0.250. The van der Waals surface area contributed by atoms with E-state index in [-0.39, 0.29) is 99.0 Å². The summed E-state index contributed by atoms with van der Waals surface area (Å²) in [6.07, 6.45) is 0. The van der Waals surface area contributed by atoms with Gasteiger partial charge in [0.25, 0.3) is 0 Å². The van der Waals surface area contributed by atoms with Crippen molar-refractivity contribution in [2.45, 2.75) is 38.9 Å².